The lowest BCUT2D eigenvalue weighted by atomic mass is 9.96. The van der Waals surface area contributed by atoms with Gasteiger partial charge in [-0.15, -0.1) is 0 Å². The Morgan fingerprint density at radius 2 is 1.76 bits per heavy atom. The van der Waals surface area contributed by atoms with E-state index in [-0.39, 0.29) is 0 Å². The molecule has 2 aliphatic heterocycles. The van der Waals surface area contributed by atoms with E-state index in [1.54, 1.807) is 0 Å². The maximum absolute atomic E-state index is 5.42. The van der Waals surface area contributed by atoms with Crippen LogP contribution in [0.5, 0.6) is 0 Å². The average molecular weight is 500 g/mol. The minimum atomic E-state index is 0.561. The number of fused-ring (bicyclic) bond motifs is 1. The molecule has 0 amide bonds. The van der Waals surface area contributed by atoms with Gasteiger partial charge in [0, 0.05) is 44.1 Å². The van der Waals surface area contributed by atoms with Crippen LogP contribution in [0.1, 0.15) is 34.9 Å². The highest BCUT2D eigenvalue weighted by Gasteiger charge is 2.25. The molecule has 0 saturated carbocycles. The summed E-state index contributed by atoms with van der Waals surface area (Å²) in [5.41, 5.74) is 7.26. The molecule has 4 aromatic heterocycles. The van der Waals surface area contributed by atoms with Crippen LogP contribution in [-0.4, -0.2) is 78.8 Å². The Bertz CT molecular complexity index is 1380. The smallest absolute Gasteiger partial charge is 0.252 e. The van der Waals surface area contributed by atoms with Crippen LogP contribution in [0.25, 0.3) is 17.2 Å². The van der Waals surface area contributed by atoms with Crippen LogP contribution in [0.3, 0.4) is 0 Å². The van der Waals surface area contributed by atoms with E-state index < -0.39 is 0 Å². The van der Waals surface area contributed by atoms with E-state index in [0.717, 1.165) is 98.8 Å². The number of aromatic nitrogens is 7. The Morgan fingerprint density at radius 1 is 0.919 bits per heavy atom. The Kier molecular flexibility index (Phi) is 6.52. The number of ether oxygens (including phenoxy) is 1. The summed E-state index contributed by atoms with van der Waals surface area (Å²) < 4.78 is 7.30. The number of rotatable bonds is 6. The second kappa shape index (κ2) is 10.1. The van der Waals surface area contributed by atoms with E-state index in [4.69, 9.17) is 14.7 Å². The lowest BCUT2D eigenvalue weighted by Crippen LogP contribution is -2.35. The summed E-state index contributed by atoms with van der Waals surface area (Å²) in [6, 6.07) is 4.20. The molecule has 4 aromatic rings. The van der Waals surface area contributed by atoms with Crippen LogP contribution in [0, 0.1) is 26.7 Å². The predicted octanol–water partition coefficient (Wildman–Crippen LogP) is 2.80. The second-order valence-corrected chi connectivity index (χ2v) is 10.1. The minimum Gasteiger partial charge on any atom is -0.379 e. The molecule has 0 bridgehead atoms. The Hall–Kier alpha value is -3.50. The minimum absolute atomic E-state index is 0.561. The lowest BCUT2D eigenvalue weighted by Gasteiger charge is -2.25. The van der Waals surface area contributed by atoms with Crippen LogP contribution in [-0.2, 0) is 17.7 Å². The maximum Gasteiger partial charge on any atom is 0.252 e. The van der Waals surface area contributed by atoms with Gasteiger partial charge >= 0.3 is 0 Å². The fraction of sp³-hybridized carbons (Fsp3) is 0.481. The van der Waals surface area contributed by atoms with Crippen LogP contribution in [0.15, 0.2) is 30.7 Å². The molecular weight excluding hydrogens is 466 g/mol. The van der Waals surface area contributed by atoms with Crippen molar-refractivity contribution >= 4 is 11.5 Å². The zero-order valence-electron chi connectivity index (χ0n) is 21.8. The van der Waals surface area contributed by atoms with Gasteiger partial charge in [0.25, 0.3) is 5.78 Å². The normalized spacial score (nSPS) is 18.7. The predicted molar refractivity (Wildman–Crippen MR) is 140 cm³/mol. The molecule has 0 aromatic carbocycles. The summed E-state index contributed by atoms with van der Waals surface area (Å²) in [6.45, 7) is 12.4. The van der Waals surface area contributed by atoms with Gasteiger partial charge in [0.2, 0.25) is 0 Å². The first-order valence-corrected chi connectivity index (χ1v) is 13.1. The fourth-order valence-electron chi connectivity index (χ4n) is 5.41. The molecule has 10 heteroatoms. The second-order valence-electron chi connectivity index (χ2n) is 10.1. The van der Waals surface area contributed by atoms with Crippen LogP contribution in [0.2, 0.25) is 0 Å². The summed E-state index contributed by atoms with van der Waals surface area (Å²) in [5.74, 6) is 2.00. The molecule has 6 heterocycles. The van der Waals surface area contributed by atoms with Crippen molar-refractivity contribution in [1.29, 1.82) is 0 Å². The van der Waals surface area contributed by atoms with Crippen LogP contribution < -0.4 is 4.90 Å². The number of hydrogen-bond acceptors (Lipinski definition) is 9. The number of pyridine rings is 1. The number of aryl methyl sites for hydroxylation is 3. The third kappa shape index (κ3) is 5.03. The molecule has 2 saturated heterocycles. The van der Waals surface area contributed by atoms with E-state index in [0.29, 0.717) is 11.7 Å². The molecule has 0 N–H and O–H groups in total. The first-order valence-electron chi connectivity index (χ1n) is 13.1. The van der Waals surface area contributed by atoms with Gasteiger partial charge in [-0.2, -0.15) is 10.1 Å². The van der Waals surface area contributed by atoms with E-state index >= 15 is 0 Å². The third-order valence-corrected chi connectivity index (χ3v) is 7.50. The van der Waals surface area contributed by atoms with Crippen molar-refractivity contribution in [3.05, 3.63) is 59.2 Å². The van der Waals surface area contributed by atoms with Crippen molar-refractivity contribution in [2.45, 2.75) is 40.2 Å². The van der Waals surface area contributed by atoms with Gasteiger partial charge in [-0.1, -0.05) is 0 Å². The van der Waals surface area contributed by atoms with Gasteiger partial charge in [-0.05, 0) is 57.2 Å². The summed E-state index contributed by atoms with van der Waals surface area (Å²) in [5, 5.41) is 4.52. The standard InChI is InChI=1S/C27H33N9O/c1-18-24(19(2)36-27(31-18)32-20(3)33-36)12-21-6-7-35(16-21)23-4-5-25(30-14-23)26-15-28-22(13-29-26)17-34-8-10-37-11-9-34/h4-5,13-15,21H,6-12,16-17H2,1-3H3/t21-/m0/s1. The number of hydrogen-bond donors (Lipinski definition) is 0. The van der Waals surface area contributed by atoms with E-state index in [1.165, 1.54) is 5.56 Å². The molecule has 0 unspecified atom stereocenters. The number of morpholine rings is 1. The van der Waals surface area contributed by atoms with Gasteiger partial charge in [-0.3, -0.25) is 19.9 Å². The molecule has 2 fully saturated rings. The average Bonchev–Trinajstić information content (AvgIpc) is 3.54. The molecule has 0 aliphatic carbocycles. The molecule has 0 spiro atoms. The van der Waals surface area contributed by atoms with Gasteiger partial charge in [0.05, 0.1) is 48.9 Å². The first kappa shape index (κ1) is 23.9. The van der Waals surface area contributed by atoms with E-state index in [1.807, 2.05) is 36.1 Å². The van der Waals surface area contributed by atoms with E-state index in [9.17, 15) is 0 Å². The lowest BCUT2D eigenvalue weighted by molar-refractivity contribution is 0.0336. The molecule has 37 heavy (non-hydrogen) atoms. The SMILES string of the molecule is Cc1nc2nc(C)c(C[C@@H]3CCN(c4ccc(-c5cnc(CN6CCOCC6)cn5)nc4)C3)c(C)n2n1. The quantitative estimate of drug-likeness (QED) is 0.397. The summed E-state index contributed by atoms with van der Waals surface area (Å²) in [4.78, 5) is 27.9. The Labute approximate surface area is 216 Å². The fourth-order valence-corrected chi connectivity index (χ4v) is 5.41. The maximum atomic E-state index is 5.42. The molecule has 6 rings (SSSR count). The van der Waals surface area contributed by atoms with Crippen molar-refractivity contribution in [2.24, 2.45) is 5.92 Å². The highest BCUT2D eigenvalue weighted by atomic mass is 16.5. The zero-order valence-corrected chi connectivity index (χ0v) is 21.8. The highest BCUT2D eigenvalue weighted by molar-refractivity contribution is 5.57. The van der Waals surface area contributed by atoms with Crippen LogP contribution >= 0.6 is 0 Å². The molecular formula is C27H33N9O. The summed E-state index contributed by atoms with van der Waals surface area (Å²) >= 11 is 0. The van der Waals surface area contributed by atoms with Crippen molar-refractivity contribution in [2.75, 3.05) is 44.3 Å². The third-order valence-electron chi connectivity index (χ3n) is 7.50. The Morgan fingerprint density at radius 3 is 2.51 bits per heavy atom. The summed E-state index contributed by atoms with van der Waals surface area (Å²) in [6.07, 6.45) is 7.79. The van der Waals surface area contributed by atoms with Gasteiger partial charge in [0.15, 0.2) is 0 Å². The zero-order chi connectivity index (χ0) is 25.4. The van der Waals surface area contributed by atoms with Crippen molar-refractivity contribution in [3.63, 3.8) is 0 Å². The van der Waals surface area contributed by atoms with Crippen LogP contribution in [0.4, 0.5) is 5.69 Å². The number of nitrogens with zero attached hydrogens (tertiary/aromatic N) is 9. The number of anilines is 1. The molecule has 0 radical (unpaired) electrons. The Balaban J connectivity index is 1.09. The van der Waals surface area contributed by atoms with Crippen molar-refractivity contribution < 1.29 is 4.74 Å². The molecule has 2 aliphatic rings. The highest BCUT2D eigenvalue weighted by Crippen LogP contribution is 2.28. The van der Waals surface area contributed by atoms with E-state index in [2.05, 4.69) is 49.8 Å². The molecule has 1 atom stereocenters. The van der Waals surface area contributed by atoms with Crippen molar-refractivity contribution in [3.8, 4) is 11.4 Å². The molecule has 192 valence electrons. The largest absolute Gasteiger partial charge is 0.379 e. The first-order chi connectivity index (χ1) is 18.0. The molecule has 10 nitrogen and oxygen atoms in total. The van der Waals surface area contributed by atoms with Gasteiger partial charge in [-0.25, -0.2) is 9.50 Å². The monoisotopic (exact) mass is 499 g/mol. The topological polar surface area (TPSA) is 97.5 Å². The van der Waals surface area contributed by atoms with Gasteiger partial charge < -0.3 is 9.64 Å². The van der Waals surface area contributed by atoms with Gasteiger partial charge in [0.1, 0.15) is 11.5 Å². The summed E-state index contributed by atoms with van der Waals surface area (Å²) in [7, 11) is 0. The van der Waals surface area contributed by atoms with Crippen molar-refractivity contribution in [1.82, 2.24) is 39.4 Å².